The number of carbonyl (C=O) groups is 1. The van der Waals surface area contributed by atoms with Gasteiger partial charge in [0.2, 0.25) is 5.91 Å². The molecule has 3 heteroatoms. The number of rotatable bonds is 3. The Balaban J connectivity index is 2.03. The van der Waals surface area contributed by atoms with Crippen LogP contribution in [0, 0.1) is 24.7 Å². The first-order valence-corrected chi connectivity index (χ1v) is 6.69. The van der Waals surface area contributed by atoms with E-state index in [0.29, 0.717) is 12.3 Å². The van der Waals surface area contributed by atoms with Crippen LogP contribution in [0.4, 0.5) is 5.69 Å². The van der Waals surface area contributed by atoms with Crippen molar-refractivity contribution in [1.29, 1.82) is 0 Å². The Morgan fingerprint density at radius 1 is 1.47 bits per heavy atom. The molecular weight excluding hydrogens is 238 g/mol. The van der Waals surface area contributed by atoms with Crippen molar-refractivity contribution in [2.24, 2.45) is 5.92 Å². The molecular formula is C16H19NO2. The summed E-state index contributed by atoms with van der Waals surface area (Å²) in [5.41, 5.74) is 2.64. The number of hydrogen-bond acceptors (Lipinski definition) is 2. The molecule has 0 heterocycles. The Labute approximate surface area is 114 Å². The van der Waals surface area contributed by atoms with Gasteiger partial charge in [0.05, 0.1) is 0 Å². The van der Waals surface area contributed by atoms with Gasteiger partial charge in [0.1, 0.15) is 6.61 Å². The van der Waals surface area contributed by atoms with Gasteiger partial charge in [-0.25, -0.2) is 0 Å². The first kappa shape index (κ1) is 13.6. The topological polar surface area (TPSA) is 49.3 Å². The molecule has 1 aromatic rings. The number of nitrogens with one attached hydrogen (secondary N) is 1. The van der Waals surface area contributed by atoms with Crippen molar-refractivity contribution in [1.82, 2.24) is 0 Å². The van der Waals surface area contributed by atoms with Crippen molar-refractivity contribution in [3.63, 3.8) is 0 Å². The quantitative estimate of drug-likeness (QED) is 0.817. The maximum Gasteiger partial charge on any atom is 0.224 e. The van der Waals surface area contributed by atoms with E-state index in [0.717, 1.165) is 16.8 Å². The molecule has 0 spiro atoms. The summed E-state index contributed by atoms with van der Waals surface area (Å²) in [5, 5.41) is 11.6. The molecule has 0 saturated heterocycles. The number of aryl methyl sites for hydroxylation is 1. The van der Waals surface area contributed by atoms with E-state index in [1.807, 2.05) is 25.1 Å². The lowest BCUT2D eigenvalue weighted by atomic mass is 9.83. The SMILES string of the molecule is Cc1ccc(C#CCO)cc1NC(=O)CC1CCC1. The highest BCUT2D eigenvalue weighted by molar-refractivity contribution is 5.91. The lowest BCUT2D eigenvalue weighted by Crippen LogP contribution is -2.21. The molecule has 0 unspecified atom stereocenters. The Kier molecular flexibility index (Phi) is 4.59. The number of aliphatic hydroxyl groups is 1. The van der Waals surface area contributed by atoms with Crippen LogP contribution in [0.3, 0.4) is 0 Å². The van der Waals surface area contributed by atoms with Crippen molar-refractivity contribution in [2.45, 2.75) is 32.6 Å². The van der Waals surface area contributed by atoms with Gasteiger partial charge in [-0.05, 0) is 43.4 Å². The van der Waals surface area contributed by atoms with Gasteiger partial charge in [-0.2, -0.15) is 0 Å². The zero-order valence-corrected chi connectivity index (χ0v) is 11.2. The highest BCUT2D eigenvalue weighted by atomic mass is 16.2. The fourth-order valence-electron chi connectivity index (χ4n) is 2.14. The highest BCUT2D eigenvalue weighted by Crippen LogP contribution is 2.29. The maximum absolute atomic E-state index is 11.9. The van der Waals surface area contributed by atoms with Crippen molar-refractivity contribution in [3.8, 4) is 11.8 Å². The van der Waals surface area contributed by atoms with Crippen molar-refractivity contribution in [3.05, 3.63) is 29.3 Å². The molecule has 3 nitrogen and oxygen atoms in total. The van der Waals surface area contributed by atoms with Gasteiger partial charge in [0.25, 0.3) is 0 Å². The van der Waals surface area contributed by atoms with E-state index in [1.54, 1.807) is 0 Å². The molecule has 1 aromatic carbocycles. The van der Waals surface area contributed by atoms with Crippen LogP contribution >= 0.6 is 0 Å². The maximum atomic E-state index is 11.9. The Bertz CT molecular complexity index is 521. The van der Waals surface area contributed by atoms with Crippen LogP contribution in [0.2, 0.25) is 0 Å². The predicted octanol–water partition coefficient (Wildman–Crippen LogP) is 2.47. The molecule has 1 aliphatic rings. The molecule has 19 heavy (non-hydrogen) atoms. The third-order valence-corrected chi connectivity index (χ3v) is 3.52. The van der Waals surface area contributed by atoms with E-state index in [4.69, 9.17) is 5.11 Å². The first-order chi connectivity index (χ1) is 9.19. The summed E-state index contributed by atoms with van der Waals surface area (Å²) in [5.74, 6) is 6.11. The Hall–Kier alpha value is -1.79. The van der Waals surface area contributed by atoms with Gasteiger partial charge in [0.15, 0.2) is 0 Å². The van der Waals surface area contributed by atoms with E-state index >= 15 is 0 Å². The molecule has 0 bridgehead atoms. The summed E-state index contributed by atoms with van der Waals surface area (Å²) in [7, 11) is 0. The second-order valence-electron chi connectivity index (χ2n) is 5.04. The van der Waals surface area contributed by atoms with Gasteiger partial charge in [0, 0.05) is 17.7 Å². The number of carbonyl (C=O) groups excluding carboxylic acids is 1. The van der Waals surface area contributed by atoms with Crippen LogP contribution < -0.4 is 5.32 Å². The van der Waals surface area contributed by atoms with Gasteiger partial charge in [-0.15, -0.1) is 0 Å². The third-order valence-electron chi connectivity index (χ3n) is 3.52. The minimum Gasteiger partial charge on any atom is -0.384 e. The largest absolute Gasteiger partial charge is 0.384 e. The predicted molar refractivity (Wildman–Crippen MR) is 75.7 cm³/mol. The lowest BCUT2D eigenvalue weighted by Gasteiger charge is -2.24. The molecule has 0 aliphatic heterocycles. The fraction of sp³-hybridized carbons (Fsp3) is 0.438. The first-order valence-electron chi connectivity index (χ1n) is 6.69. The monoisotopic (exact) mass is 257 g/mol. The molecule has 2 rings (SSSR count). The summed E-state index contributed by atoms with van der Waals surface area (Å²) in [6.07, 6.45) is 4.22. The van der Waals surface area contributed by atoms with Crippen LogP contribution in [0.1, 0.15) is 36.8 Å². The molecule has 1 saturated carbocycles. The number of hydrogen-bond donors (Lipinski definition) is 2. The average molecular weight is 257 g/mol. The van der Waals surface area contributed by atoms with Crippen molar-refractivity contribution >= 4 is 11.6 Å². The fourth-order valence-corrected chi connectivity index (χ4v) is 2.14. The van der Waals surface area contributed by atoms with E-state index < -0.39 is 0 Å². The second-order valence-corrected chi connectivity index (χ2v) is 5.04. The van der Waals surface area contributed by atoms with Crippen LogP contribution in [-0.4, -0.2) is 17.6 Å². The van der Waals surface area contributed by atoms with E-state index in [1.165, 1.54) is 19.3 Å². The average Bonchev–Trinajstić information content (AvgIpc) is 2.35. The van der Waals surface area contributed by atoms with Gasteiger partial charge in [-0.1, -0.05) is 24.3 Å². The molecule has 0 atom stereocenters. The van der Waals surface area contributed by atoms with Crippen LogP contribution in [0.5, 0.6) is 0 Å². The normalized spacial score (nSPS) is 14.2. The van der Waals surface area contributed by atoms with Gasteiger partial charge < -0.3 is 10.4 Å². The number of amides is 1. The van der Waals surface area contributed by atoms with E-state index in [9.17, 15) is 4.79 Å². The van der Waals surface area contributed by atoms with Crippen LogP contribution in [0.25, 0.3) is 0 Å². The van der Waals surface area contributed by atoms with Crippen LogP contribution in [0.15, 0.2) is 18.2 Å². The summed E-state index contributed by atoms with van der Waals surface area (Å²) in [4.78, 5) is 11.9. The Morgan fingerprint density at radius 2 is 2.26 bits per heavy atom. The summed E-state index contributed by atoms with van der Waals surface area (Å²) >= 11 is 0. The van der Waals surface area contributed by atoms with Gasteiger partial charge >= 0.3 is 0 Å². The molecule has 1 amide bonds. The third kappa shape index (κ3) is 3.84. The lowest BCUT2D eigenvalue weighted by molar-refractivity contribution is -0.117. The molecule has 0 radical (unpaired) electrons. The molecule has 2 N–H and O–H groups in total. The number of aliphatic hydroxyl groups excluding tert-OH is 1. The minimum atomic E-state index is -0.156. The zero-order valence-electron chi connectivity index (χ0n) is 11.2. The van der Waals surface area contributed by atoms with Crippen molar-refractivity contribution < 1.29 is 9.90 Å². The second kappa shape index (κ2) is 6.40. The molecule has 100 valence electrons. The van der Waals surface area contributed by atoms with E-state index in [2.05, 4.69) is 17.2 Å². The van der Waals surface area contributed by atoms with Crippen molar-refractivity contribution in [2.75, 3.05) is 11.9 Å². The molecule has 0 aromatic heterocycles. The molecule has 1 aliphatic carbocycles. The smallest absolute Gasteiger partial charge is 0.224 e. The Morgan fingerprint density at radius 3 is 2.89 bits per heavy atom. The zero-order chi connectivity index (χ0) is 13.7. The standard InChI is InChI=1S/C16H19NO2/c1-12-7-8-14(6-3-9-18)10-15(12)17-16(19)11-13-4-2-5-13/h7-8,10,13,18H,2,4-5,9,11H2,1H3,(H,17,19). The highest BCUT2D eigenvalue weighted by Gasteiger charge is 2.20. The van der Waals surface area contributed by atoms with E-state index in [-0.39, 0.29) is 12.5 Å². The number of benzene rings is 1. The minimum absolute atomic E-state index is 0.0834. The molecule has 1 fully saturated rings. The summed E-state index contributed by atoms with van der Waals surface area (Å²) in [6.45, 7) is 1.81. The summed E-state index contributed by atoms with van der Waals surface area (Å²) in [6, 6.07) is 5.68. The summed E-state index contributed by atoms with van der Waals surface area (Å²) < 4.78 is 0. The van der Waals surface area contributed by atoms with Gasteiger partial charge in [-0.3, -0.25) is 4.79 Å². The van der Waals surface area contributed by atoms with Crippen LogP contribution in [-0.2, 0) is 4.79 Å². The number of anilines is 1.